The molecule has 0 bridgehead atoms. The summed E-state index contributed by atoms with van der Waals surface area (Å²) < 4.78 is 31.7. The quantitative estimate of drug-likeness (QED) is 0.547. The minimum absolute atomic E-state index is 0.375. The van der Waals surface area contributed by atoms with Crippen molar-refractivity contribution in [1.29, 1.82) is 0 Å². The van der Waals surface area contributed by atoms with Crippen molar-refractivity contribution in [1.82, 2.24) is 15.3 Å². The zero-order chi connectivity index (χ0) is 19.5. The first-order valence-corrected chi connectivity index (χ1v) is 8.42. The van der Waals surface area contributed by atoms with E-state index in [9.17, 15) is 13.6 Å². The number of amides is 1. The molecule has 0 radical (unpaired) electrons. The Labute approximate surface area is 159 Å². The van der Waals surface area contributed by atoms with E-state index in [0.29, 0.717) is 22.5 Å². The van der Waals surface area contributed by atoms with Crippen LogP contribution in [0.3, 0.4) is 0 Å². The molecule has 1 fully saturated rings. The van der Waals surface area contributed by atoms with Crippen LogP contribution in [0, 0.1) is 23.6 Å². The SMILES string of the molecule is O=C1N[C@H](c2cccc(C#Cc3ccnc(F)c3)n2)[C@@H](c2ccc(F)cc2)O1. The second-order valence-corrected chi connectivity index (χ2v) is 6.06. The van der Waals surface area contributed by atoms with Crippen molar-refractivity contribution in [2.24, 2.45) is 0 Å². The van der Waals surface area contributed by atoms with Gasteiger partial charge in [0.15, 0.2) is 6.10 Å². The third-order valence-corrected chi connectivity index (χ3v) is 4.16. The second kappa shape index (κ2) is 7.45. The number of alkyl carbamates (subject to hydrolysis) is 1. The molecular formula is C21H13F2N3O2. The lowest BCUT2D eigenvalue weighted by molar-refractivity contribution is 0.132. The zero-order valence-corrected chi connectivity index (χ0v) is 14.4. The van der Waals surface area contributed by atoms with Crippen LogP contribution < -0.4 is 5.32 Å². The van der Waals surface area contributed by atoms with Gasteiger partial charge in [-0.15, -0.1) is 0 Å². The molecule has 1 N–H and O–H groups in total. The molecule has 5 nitrogen and oxygen atoms in total. The average Bonchev–Trinajstić information content (AvgIpc) is 3.09. The molecule has 1 aliphatic rings. The molecule has 1 saturated heterocycles. The van der Waals surface area contributed by atoms with E-state index in [1.165, 1.54) is 24.4 Å². The first kappa shape index (κ1) is 17.6. The molecule has 4 rings (SSSR count). The highest BCUT2D eigenvalue weighted by atomic mass is 19.1. The highest BCUT2D eigenvalue weighted by molar-refractivity contribution is 5.71. The molecule has 1 aliphatic heterocycles. The van der Waals surface area contributed by atoms with E-state index in [-0.39, 0.29) is 5.82 Å². The third kappa shape index (κ3) is 3.81. The summed E-state index contributed by atoms with van der Waals surface area (Å²) in [5.41, 5.74) is 2.12. The number of hydrogen-bond acceptors (Lipinski definition) is 4. The Morgan fingerprint density at radius 3 is 2.64 bits per heavy atom. The van der Waals surface area contributed by atoms with Crippen molar-refractivity contribution < 1.29 is 18.3 Å². The van der Waals surface area contributed by atoms with Crippen LogP contribution in [0.5, 0.6) is 0 Å². The van der Waals surface area contributed by atoms with Crippen LogP contribution in [0.2, 0.25) is 0 Å². The molecule has 1 aromatic carbocycles. The van der Waals surface area contributed by atoms with Crippen molar-refractivity contribution >= 4 is 6.09 Å². The molecule has 28 heavy (non-hydrogen) atoms. The monoisotopic (exact) mass is 377 g/mol. The molecule has 0 aliphatic carbocycles. The smallest absolute Gasteiger partial charge is 0.408 e. The van der Waals surface area contributed by atoms with Gasteiger partial charge in [-0.25, -0.2) is 19.2 Å². The molecular weight excluding hydrogens is 364 g/mol. The topological polar surface area (TPSA) is 64.1 Å². The first-order valence-electron chi connectivity index (χ1n) is 8.42. The number of nitrogens with zero attached hydrogens (tertiary/aromatic N) is 2. The maximum atomic E-state index is 13.2. The third-order valence-electron chi connectivity index (χ3n) is 4.16. The fraction of sp³-hybridized carbons (Fsp3) is 0.0952. The van der Waals surface area contributed by atoms with Gasteiger partial charge in [-0.3, -0.25) is 0 Å². The first-order chi connectivity index (χ1) is 13.6. The van der Waals surface area contributed by atoms with Crippen molar-refractivity contribution in [2.75, 3.05) is 0 Å². The van der Waals surface area contributed by atoms with Crippen molar-refractivity contribution in [2.45, 2.75) is 12.1 Å². The van der Waals surface area contributed by atoms with Crippen LogP contribution >= 0.6 is 0 Å². The van der Waals surface area contributed by atoms with E-state index >= 15 is 0 Å². The van der Waals surface area contributed by atoms with Gasteiger partial charge in [0.2, 0.25) is 5.95 Å². The van der Waals surface area contributed by atoms with Crippen molar-refractivity contribution in [3.63, 3.8) is 0 Å². The summed E-state index contributed by atoms with van der Waals surface area (Å²) in [5.74, 6) is 4.71. The van der Waals surface area contributed by atoms with Gasteiger partial charge in [-0.2, -0.15) is 4.39 Å². The van der Waals surface area contributed by atoms with E-state index in [0.717, 1.165) is 0 Å². The molecule has 3 aromatic rings. The Hall–Kier alpha value is -3.79. The van der Waals surface area contributed by atoms with Crippen LogP contribution in [0.15, 0.2) is 60.8 Å². The van der Waals surface area contributed by atoms with Gasteiger partial charge in [0.05, 0.1) is 5.69 Å². The van der Waals surface area contributed by atoms with Gasteiger partial charge in [0.25, 0.3) is 0 Å². The summed E-state index contributed by atoms with van der Waals surface area (Å²) >= 11 is 0. The van der Waals surface area contributed by atoms with E-state index in [4.69, 9.17) is 4.74 Å². The standard InChI is InChI=1S/C21H13F2N3O2/c22-15-7-5-14(6-8-15)20-19(26-21(27)28-20)17-3-1-2-16(25-17)9-4-13-10-11-24-18(23)12-13/h1-3,5-8,10-12,19-20H,(H,26,27)/t19-,20-/m1/s1. The lowest BCUT2D eigenvalue weighted by Gasteiger charge is -2.17. The Morgan fingerprint density at radius 2 is 1.86 bits per heavy atom. The van der Waals surface area contributed by atoms with E-state index in [1.807, 2.05) is 0 Å². The average molecular weight is 377 g/mol. The fourth-order valence-electron chi connectivity index (χ4n) is 2.87. The highest BCUT2D eigenvalue weighted by Gasteiger charge is 2.37. The number of ether oxygens (including phenoxy) is 1. The predicted octanol–water partition coefficient (Wildman–Crippen LogP) is 3.68. The number of cyclic esters (lactones) is 1. The second-order valence-electron chi connectivity index (χ2n) is 6.06. The minimum Gasteiger partial charge on any atom is -0.439 e. The summed E-state index contributed by atoms with van der Waals surface area (Å²) in [4.78, 5) is 19.8. The van der Waals surface area contributed by atoms with E-state index < -0.39 is 24.2 Å². The number of nitrogens with one attached hydrogen (secondary N) is 1. The summed E-state index contributed by atoms with van der Waals surface area (Å²) in [6.45, 7) is 0. The summed E-state index contributed by atoms with van der Waals surface area (Å²) in [6.07, 6.45) is 0.116. The van der Waals surface area contributed by atoms with Crippen LogP contribution in [0.1, 0.15) is 34.7 Å². The largest absolute Gasteiger partial charge is 0.439 e. The Morgan fingerprint density at radius 1 is 1.04 bits per heavy atom. The number of benzene rings is 1. The summed E-state index contributed by atoms with van der Waals surface area (Å²) in [5, 5.41) is 2.72. The van der Waals surface area contributed by atoms with Crippen LogP contribution in [0.4, 0.5) is 13.6 Å². The Kier molecular flexibility index (Phi) is 4.68. The molecule has 7 heteroatoms. The number of carbonyl (C=O) groups excluding carboxylic acids is 1. The lowest BCUT2D eigenvalue weighted by atomic mass is 10.00. The number of rotatable bonds is 2. The molecule has 3 heterocycles. The number of carbonyl (C=O) groups is 1. The van der Waals surface area contributed by atoms with Crippen molar-refractivity contribution in [3.05, 3.63) is 95.1 Å². The van der Waals surface area contributed by atoms with Gasteiger partial charge in [-0.05, 0) is 41.8 Å². The number of aromatic nitrogens is 2. The maximum absolute atomic E-state index is 13.2. The lowest BCUT2D eigenvalue weighted by Crippen LogP contribution is -2.20. The van der Waals surface area contributed by atoms with Crippen molar-refractivity contribution in [3.8, 4) is 11.8 Å². The predicted molar refractivity (Wildman–Crippen MR) is 95.9 cm³/mol. The van der Waals surface area contributed by atoms with Gasteiger partial charge >= 0.3 is 6.09 Å². The maximum Gasteiger partial charge on any atom is 0.408 e. The highest BCUT2D eigenvalue weighted by Crippen LogP contribution is 2.35. The van der Waals surface area contributed by atoms with Gasteiger partial charge < -0.3 is 10.1 Å². The zero-order valence-electron chi connectivity index (χ0n) is 14.4. The van der Waals surface area contributed by atoms with Crippen LogP contribution in [-0.2, 0) is 4.74 Å². The van der Waals surface area contributed by atoms with Gasteiger partial charge in [0, 0.05) is 17.8 Å². The molecule has 1 amide bonds. The summed E-state index contributed by atoms with van der Waals surface area (Å²) in [7, 11) is 0. The van der Waals surface area contributed by atoms with Crippen LogP contribution in [0.25, 0.3) is 0 Å². The Balaban J connectivity index is 1.63. The Bertz CT molecular complexity index is 1090. The fourth-order valence-corrected chi connectivity index (χ4v) is 2.87. The molecule has 0 spiro atoms. The summed E-state index contributed by atoms with van der Waals surface area (Å²) in [6, 6.07) is 13.2. The minimum atomic E-state index is -0.641. The van der Waals surface area contributed by atoms with Gasteiger partial charge in [0.1, 0.15) is 17.6 Å². The molecule has 2 atom stereocenters. The number of halogens is 2. The molecule has 0 unspecified atom stereocenters. The van der Waals surface area contributed by atoms with Crippen LogP contribution in [-0.4, -0.2) is 16.1 Å². The number of hydrogen-bond donors (Lipinski definition) is 1. The molecule has 2 aromatic heterocycles. The van der Waals surface area contributed by atoms with E-state index in [1.54, 1.807) is 36.4 Å². The molecule has 0 saturated carbocycles. The van der Waals surface area contributed by atoms with Gasteiger partial charge in [-0.1, -0.05) is 24.1 Å². The van der Waals surface area contributed by atoms with E-state index in [2.05, 4.69) is 27.1 Å². The number of pyridine rings is 2. The normalized spacial score (nSPS) is 18.0. The molecule has 138 valence electrons.